The van der Waals surface area contributed by atoms with Crippen LogP contribution in [0.2, 0.25) is 0 Å². The number of hydrogen-bond acceptors (Lipinski definition) is 5. The largest absolute Gasteiger partial charge is 0.399 e. The summed E-state index contributed by atoms with van der Waals surface area (Å²) in [6.07, 6.45) is 1.08. The first kappa shape index (κ1) is 16.9. The lowest BCUT2D eigenvalue weighted by molar-refractivity contribution is 0.537. The van der Waals surface area contributed by atoms with Crippen molar-refractivity contribution in [2.24, 2.45) is 0 Å². The van der Waals surface area contributed by atoms with Gasteiger partial charge in [0, 0.05) is 18.5 Å². The number of nitrogens with two attached hydrogens (primary N) is 1. The number of benzene rings is 1. The summed E-state index contributed by atoms with van der Waals surface area (Å²) < 4.78 is 48.1. The third-order valence-electron chi connectivity index (χ3n) is 3.06. The van der Waals surface area contributed by atoms with E-state index in [0.717, 1.165) is 6.26 Å². The maximum absolute atomic E-state index is 11.9. The minimum Gasteiger partial charge on any atom is -0.399 e. The predicted molar refractivity (Wildman–Crippen MR) is 80.4 cm³/mol. The highest BCUT2D eigenvalue weighted by atomic mass is 32.2. The van der Waals surface area contributed by atoms with Gasteiger partial charge in [-0.2, -0.15) is 0 Å². The van der Waals surface area contributed by atoms with E-state index in [9.17, 15) is 16.8 Å². The first-order valence-corrected chi connectivity index (χ1v) is 9.49. The highest BCUT2D eigenvalue weighted by Crippen LogP contribution is 2.15. The molecule has 1 rings (SSSR count). The molecule has 0 aliphatic heterocycles. The van der Waals surface area contributed by atoms with Crippen molar-refractivity contribution in [2.75, 3.05) is 18.5 Å². The first-order valence-electron chi connectivity index (χ1n) is 5.94. The van der Waals surface area contributed by atoms with Crippen molar-refractivity contribution in [2.45, 2.75) is 24.3 Å². The van der Waals surface area contributed by atoms with Gasteiger partial charge in [-0.25, -0.2) is 21.6 Å². The molecule has 0 unspecified atom stereocenters. The van der Waals surface area contributed by atoms with Gasteiger partial charge in [0.2, 0.25) is 10.0 Å². The minimum atomic E-state index is -3.60. The van der Waals surface area contributed by atoms with Gasteiger partial charge in [0.05, 0.1) is 10.5 Å². The fraction of sp³-hybridized carbons (Fsp3) is 0.500. The van der Waals surface area contributed by atoms with Crippen LogP contribution in [-0.2, 0) is 25.6 Å². The molecule has 0 atom stereocenters. The molecule has 0 aliphatic carbocycles. The van der Waals surface area contributed by atoms with E-state index >= 15 is 0 Å². The molecule has 1 aromatic carbocycles. The Morgan fingerprint density at radius 2 is 1.60 bits per heavy atom. The molecular weight excluding hydrogens is 300 g/mol. The topological polar surface area (TPSA) is 106 Å². The average Bonchev–Trinajstić information content (AvgIpc) is 2.28. The quantitative estimate of drug-likeness (QED) is 0.743. The summed E-state index contributed by atoms with van der Waals surface area (Å²) in [5.41, 5.74) is 6.66. The molecule has 0 radical (unpaired) electrons. The average molecular weight is 320 g/mol. The summed E-state index contributed by atoms with van der Waals surface area (Å²) in [6, 6.07) is 6.48. The lowest BCUT2D eigenvalue weighted by atomic mass is 10.2. The van der Waals surface area contributed by atoms with E-state index in [1.807, 2.05) is 0 Å². The molecule has 0 amide bonds. The second-order valence-corrected chi connectivity index (χ2v) is 9.81. The third-order valence-corrected chi connectivity index (χ3v) is 6.51. The zero-order valence-corrected chi connectivity index (χ0v) is 13.4. The summed E-state index contributed by atoms with van der Waals surface area (Å²) in [5.74, 6) is -0.215. The first-order chi connectivity index (χ1) is 8.93. The van der Waals surface area contributed by atoms with Gasteiger partial charge < -0.3 is 5.73 Å². The molecule has 3 N–H and O–H groups in total. The zero-order valence-electron chi connectivity index (χ0n) is 11.8. The van der Waals surface area contributed by atoms with Crippen LogP contribution in [0.15, 0.2) is 24.3 Å². The summed E-state index contributed by atoms with van der Waals surface area (Å²) in [6.45, 7) is 2.80. The van der Waals surface area contributed by atoms with Crippen LogP contribution in [0, 0.1) is 0 Å². The number of sulfone groups is 1. The summed E-state index contributed by atoms with van der Waals surface area (Å²) >= 11 is 0. The van der Waals surface area contributed by atoms with Crippen LogP contribution in [-0.4, -0.2) is 34.4 Å². The van der Waals surface area contributed by atoms with E-state index in [2.05, 4.69) is 4.72 Å². The van der Waals surface area contributed by atoms with Crippen LogP contribution in [0.4, 0.5) is 5.69 Å². The molecule has 0 aromatic heterocycles. The molecule has 0 saturated heterocycles. The molecule has 0 fully saturated rings. The maximum atomic E-state index is 11.9. The molecule has 0 bridgehead atoms. The molecule has 1 aromatic rings. The minimum absolute atomic E-state index is 0.164. The molecule has 0 saturated carbocycles. The number of hydrogen-bond donors (Lipinski definition) is 2. The number of rotatable bonds is 6. The van der Waals surface area contributed by atoms with Crippen molar-refractivity contribution >= 4 is 25.5 Å². The van der Waals surface area contributed by atoms with Gasteiger partial charge in [0.25, 0.3) is 0 Å². The third kappa shape index (κ3) is 4.77. The van der Waals surface area contributed by atoms with Crippen molar-refractivity contribution in [3.05, 3.63) is 29.8 Å². The molecule has 8 heteroatoms. The highest BCUT2D eigenvalue weighted by molar-refractivity contribution is 7.92. The van der Waals surface area contributed by atoms with Crippen molar-refractivity contribution in [1.29, 1.82) is 0 Å². The van der Waals surface area contributed by atoms with E-state index in [1.165, 1.54) is 13.8 Å². The molecule has 6 nitrogen and oxygen atoms in total. The Kier molecular flexibility index (Phi) is 4.83. The van der Waals surface area contributed by atoms with E-state index in [-0.39, 0.29) is 12.3 Å². The smallest absolute Gasteiger partial charge is 0.215 e. The van der Waals surface area contributed by atoms with Gasteiger partial charge in [-0.3, -0.25) is 0 Å². The number of nitrogens with one attached hydrogen (secondary N) is 1. The van der Waals surface area contributed by atoms with Crippen molar-refractivity contribution in [1.82, 2.24) is 4.72 Å². The molecule has 0 aliphatic rings. The van der Waals surface area contributed by atoms with E-state index in [1.54, 1.807) is 24.3 Å². The Bertz CT molecular complexity index is 662. The molecular formula is C12H20N2O4S2. The zero-order chi connectivity index (χ0) is 15.6. The monoisotopic (exact) mass is 320 g/mol. The normalized spacial score (nSPS) is 13.3. The van der Waals surface area contributed by atoms with Crippen LogP contribution in [0.5, 0.6) is 0 Å². The number of nitrogen functional groups attached to an aromatic ring is 1. The Balaban J connectivity index is 2.74. The lowest BCUT2D eigenvalue weighted by Gasteiger charge is -2.22. The lowest BCUT2D eigenvalue weighted by Crippen LogP contribution is -2.44. The van der Waals surface area contributed by atoms with Crippen molar-refractivity contribution in [3.63, 3.8) is 0 Å². The number of anilines is 1. The fourth-order valence-electron chi connectivity index (χ4n) is 1.30. The fourth-order valence-corrected chi connectivity index (χ4v) is 3.04. The van der Waals surface area contributed by atoms with Gasteiger partial charge in [0.15, 0.2) is 9.84 Å². The van der Waals surface area contributed by atoms with Crippen LogP contribution in [0.1, 0.15) is 19.4 Å². The second kappa shape index (κ2) is 5.71. The van der Waals surface area contributed by atoms with Crippen LogP contribution < -0.4 is 10.5 Å². The molecule has 114 valence electrons. The SMILES string of the molecule is CC(C)(CNS(=O)(=O)Cc1ccc(N)cc1)S(C)(=O)=O. The van der Waals surface area contributed by atoms with Gasteiger partial charge in [0.1, 0.15) is 0 Å². The Morgan fingerprint density at radius 1 is 1.10 bits per heavy atom. The summed E-state index contributed by atoms with van der Waals surface area (Å²) in [4.78, 5) is 0. The molecule has 20 heavy (non-hydrogen) atoms. The summed E-state index contributed by atoms with van der Waals surface area (Å²) in [7, 11) is -6.94. The van der Waals surface area contributed by atoms with Crippen LogP contribution in [0.25, 0.3) is 0 Å². The van der Waals surface area contributed by atoms with Gasteiger partial charge in [-0.05, 0) is 31.5 Å². The van der Waals surface area contributed by atoms with Gasteiger partial charge in [-0.1, -0.05) is 12.1 Å². The van der Waals surface area contributed by atoms with Crippen molar-refractivity contribution in [3.8, 4) is 0 Å². The van der Waals surface area contributed by atoms with Gasteiger partial charge in [-0.15, -0.1) is 0 Å². The van der Waals surface area contributed by atoms with E-state index in [4.69, 9.17) is 5.73 Å². The maximum Gasteiger partial charge on any atom is 0.215 e. The van der Waals surface area contributed by atoms with Crippen molar-refractivity contribution < 1.29 is 16.8 Å². The van der Waals surface area contributed by atoms with E-state index < -0.39 is 24.6 Å². The van der Waals surface area contributed by atoms with Gasteiger partial charge >= 0.3 is 0 Å². The Labute approximate surface area is 120 Å². The second-order valence-electron chi connectivity index (χ2n) is 5.35. The Morgan fingerprint density at radius 3 is 2.05 bits per heavy atom. The van der Waals surface area contributed by atoms with Crippen LogP contribution >= 0.6 is 0 Å². The predicted octanol–water partition coefficient (Wildman–Crippen LogP) is 0.511. The van der Waals surface area contributed by atoms with E-state index in [0.29, 0.717) is 11.3 Å². The standard InChI is InChI=1S/C12H20N2O4S2/c1-12(2,19(3,15)16)9-14-20(17,18)8-10-4-6-11(13)7-5-10/h4-7,14H,8-9,13H2,1-3H3. The molecule has 0 heterocycles. The Hall–Kier alpha value is -1.12. The summed E-state index contributed by atoms with van der Waals surface area (Å²) in [5, 5.41) is 0. The molecule has 0 spiro atoms. The van der Waals surface area contributed by atoms with Crippen LogP contribution in [0.3, 0.4) is 0 Å². The number of sulfonamides is 1. The highest BCUT2D eigenvalue weighted by Gasteiger charge is 2.31.